The van der Waals surface area contributed by atoms with Crippen LogP contribution in [-0.2, 0) is 17.6 Å². The molecule has 1 heterocycles. The van der Waals surface area contributed by atoms with Crippen molar-refractivity contribution < 1.29 is 19.1 Å². The molecule has 1 aliphatic rings. The molecule has 138 valence electrons. The van der Waals surface area contributed by atoms with Gasteiger partial charge < -0.3 is 10.0 Å². The monoisotopic (exact) mass is 359 g/mol. The fraction of sp³-hybridized carbons (Fsp3) is 0.421. The lowest BCUT2D eigenvalue weighted by atomic mass is 9.95. The normalized spacial score (nSPS) is 13.3. The zero-order valence-electron chi connectivity index (χ0n) is 14.7. The molecule has 0 saturated heterocycles. The standard InChI is InChI=1S/C19H22FN3O3/c1-2-10-22(12-17(24)25)19(26)18-15-8-3-4-9-16(15)23(21-18)14-7-5-6-13(20)11-14/h5-7,11H,2-4,8-10,12H2,1H3,(H,24,25). The van der Waals surface area contributed by atoms with Gasteiger partial charge in [0.15, 0.2) is 5.69 Å². The van der Waals surface area contributed by atoms with Gasteiger partial charge in [-0.1, -0.05) is 13.0 Å². The highest BCUT2D eigenvalue weighted by atomic mass is 19.1. The molecule has 1 aromatic carbocycles. The van der Waals surface area contributed by atoms with E-state index in [-0.39, 0.29) is 18.3 Å². The number of rotatable bonds is 6. The SMILES string of the molecule is CCCN(CC(=O)O)C(=O)c1nn(-c2cccc(F)c2)c2c1CCCC2. The topological polar surface area (TPSA) is 75.4 Å². The lowest BCUT2D eigenvalue weighted by Crippen LogP contribution is -2.37. The second-order valence-corrected chi connectivity index (χ2v) is 6.49. The minimum atomic E-state index is -1.05. The van der Waals surface area contributed by atoms with Crippen LogP contribution in [0.1, 0.15) is 47.9 Å². The number of carboxylic acid groups (broad SMARTS) is 1. The summed E-state index contributed by atoms with van der Waals surface area (Å²) in [7, 11) is 0. The van der Waals surface area contributed by atoms with Gasteiger partial charge in [-0.3, -0.25) is 9.59 Å². The van der Waals surface area contributed by atoms with Gasteiger partial charge in [0.25, 0.3) is 5.91 Å². The van der Waals surface area contributed by atoms with Crippen molar-refractivity contribution in [2.75, 3.05) is 13.1 Å². The van der Waals surface area contributed by atoms with Crippen LogP contribution in [0, 0.1) is 5.82 Å². The molecule has 0 saturated carbocycles. The van der Waals surface area contributed by atoms with Gasteiger partial charge in [-0.25, -0.2) is 9.07 Å². The summed E-state index contributed by atoms with van der Waals surface area (Å²) in [6, 6.07) is 6.11. The lowest BCUT2D eigenvalue weighted by Gasteiger charge is -2.20. The smallest absolute Gasteiger partial charge is 0.323 e. The number of hydrogen-bond donors (Lipinski definition) is 1. The van der Waals surface area contributed by atoms with Crippen LogP contribution in [0.5, 0.6) is 0 Å². The fourth-order valence-corrected chi connectivity index (χ4v) is 3.43. The van der Waals surface area contributed by atoms with Crippen molar-refractivity contribution in [2.45, 2.75) is 39.0 Å². The Morgan fingerprint density at radius 3 is 2.77 bits per heavy atom. The third-order valence-corrected chi connectivity index (χ3v) is 4.54. The highest BCUT2D eigenvalue weighted by molar-refractivity contribution is 5.95. The van der Waals surface area contributed by atoms with Crippen LogP contribution in [0.15, 0.2) is 24.3 Å². The third kappa shape index (κ3) is 3.61. The molecule has 1 aliphatic carbocycles. The number of aliphatic carboxylic acids is 1. The first-order chi connectivity index (χ1) is 12.5. The van der Waals surface area contributed by atoms with Crippen LogP contribution in [0.3, 0.4) is 0 Å². The molecule has 0 radical (unpaired) electrons. The largest absolute Gasteiger partial charge is 0.480 e. The van der Waals surface area contributed by atoms with Crippen LogP contribution in [0.25, 0.3) is 5.69 Å². The van der Waals surface area contributed by atoms with Gasteiger partial charge >= 0.3 is 5.97 Å². The van der Waals surface area contributed by atoms with E-state index >= 15 is 0 Å². The molecular formula is C19H22FN3O3. The van der Waals surface area contributed by atoms with Gasteiger partial charge in [0.05, 0.1) is 5.69 Å². The van der Waals surface area contributed by atoms with Crippen molar-refractivity contribution in [3.05, 3.63) is 47.0 Å². The minimum absolute atomic E-state index is 0.290. The molecule has 2 aromatic rings. The lowest BCUT2D eigenvalue weighted by molar-refractivity contribution is -0.137. The van der Waals surface area contributed by atoms with Gasteiger partial charge in [-0.15, -0.1) is 0 Å². The fourth-order valence-electron chi connectivity index (χ4n) is 3.43. The number of nitrogens with zero attached hydrogens (tertiary/aromatic N) is 3. The minimum Gasteiger partial charge on any atom is -0.480 e. The number of benzene rings is 1. The van der Waals surface area contributed by atoms with E-state index in [0.717, 1.165) is 36.9 Å². The predicted octanol–water partition coefficient (Wildman–Crippen LogP) is 2.83. The molecular weight excluding hydrogens is 337 g/mol. The van der Waals surface area contributed by atoms with Crippen LogP contribution in [-0.4, -0.2) is 44.8 Å². The molecule has 1 aromatic heterocycles. The molecule has 26 heavy (non-hydrogen) atoms. The average Bonchev–Trinajstić information content (AvgIpc) is 3.00. The Hall–Kier alpha value is -2.70. The zero-order chi connectivity index (χ0) is 18.7. The summed E-state index contributed by atoms with van der Waals surface area (Å²) < 4.78 is 15.3. The molecule has 3 rings (SSSR count). The Bertz CT molecular complexity index is 831. The Kier molecular flexibility index (Phi) is 5.35. The number of aromatic nitrogens is 2. The maximum Gasteiger partial charge on any atom is 0.323 e. The molecule has 0 bridgehead atoms. The van der Waals surface area contributed by atoms with E-state index < -0.39 is 5.97 Å². The van der Waals surface area contributed by atoms with Gasteiger partial charge in [-0.05, 0) is 50.3 Å². The van der Waals surface area contributed by atoms with Crippen molar-refractivity contribution in [1.82, 2.24) is 14.7 Å². The van der Waals surface area contributed by atoms with Gasteiger partial charge in [0, 0.05) is 17.8 Å². The van der Waals surface area contributed by atoms with Gasteiger partial charge in [-0.2, -0.15) is 5.10 Å². The zero-order valence-corrected chi connectivity index (χ0v) is 14.7. The van der Waals surface area contributed by atoms with Crippen molar-refractivity contribution in [1.29, 1.82) is 0 Å². The molecule has 0 fully saturated rings. The number of carbonyl (C=O) groups excluding carboxylic acids is 1. The average molecular weight is 359 g/mol. The van der Waals surface area contributed by atoms with E-state index in [1.165, 1.54) is 17.0 Å². The summed E-state index contributed by atoms with van der Waals surface area (Å²) in [6.07, 6.45) is 4.08. The van der Waals surface area contributed by atoms with Gasteiger partial charge in [0.2, 0.25) is 0 Å². The number of carbonyl (C=O) groups is 2. The number of halogens is 1. The highest BCUT2D eigenvalue weighted by Gasteiger charge is 2.29. The Morgan fingerprint density at radius 2 is 2.08 bits per heavy atom. The van der Waals surface area contributed by atoms with E-state index in [4.69, 9.17) is 5.11 Å². The number of fused-ring (bicyclic) bond motifs is 1. The molecule has 1 amide bonds. The van der Waals surface area contributed by atoms with E-state index in [0.29, 0.717) is 24.3 Å². The van der Waals surface area contributed by atoms with Crippen molar-refractivity contribution in [2.24, 2.45) is 0 Å². The Balaban J connectivity index is 2.04. The number of hydrogen-bond acceptors (Lipinski definition) is 3. The first kappa shape index (κ1) is 18.1. The summed E-state index contributed by atoms with van der Waals surface area (Å²) in [6.45, 7) is 1.89. The summed E-state index contributed by atoms with van der Waals surface area (Å²) in [5.74, 6) is -1.79. The first-order valence-electron chi connectivity index (χ1n) is 8.89. The number of carboxylic acids is 1. The van der Waals surface area contributed by atoms with E-state index in [2.05, 4.69) is 5.10 Å². The van der Waals surface area contributed by atoms with Crippen molar-refractivity contribution in [3.8, 4) is 5.69 Å². The molecule has 0 spiro atoms. The first-order valence-corrected chi connectivity index (χ1v) is 8.89. The predicted molar refractivity (Wildman–Crippen MR) is 94.0 cm³/mol. The number of amides is 1. The summed E-state index contributed by atoms with van der Waals surface area (Å²) in [5.41, 5.74) is 2.63. The molecule has 6 nitrogen and oxygen atoms in total. The third-order valence-electron chi connectivity index (χ3n) is 4.54. The Morgan fingerprint density at radius 1 is 1.31 bits per heavy atom. The molecule has 0 atom stereocenters. The van der Waals surface area contributed by atoms with Crippen molar-refractivity contribution >= 4 is 11.9 Å². The quantitative estimate of drug-likeness (QED) is 0.861. The van der Waals surface area contributed by atoms with Gasteiger partial charge in [0.1, 0.15) is 12.4 Å². The molecule has 0 aliphatic heterocycles. The van der Waals surface area contributed by atoms with E-state index in [1.807, 2.05) is 6.92 Å². The van der Waals surface area contributed by atoms with Crippen LogP contribution < -0.4 is 0 Å². The van der Waals surface area contributed by atoms with Crippen LogP contribution >= 0.6 is 0 Å². The summed E-state index contributed by atoms with van der Waals surface area (Å²) >= 11 is 0. The molecule has 1 N–H and O–H groups in total. The highest BCUT2D eigenvalue weighted by Crippen LogP contribution is 2.28. The second kappa shape index (κ2) is 7.68. The van der Waals surface area contributed by atoms with Crippen LogP contribution in [0.4, 0.5) is 4.39 Å². The van der Waals surface area contributed by atoms with Crippen LogP contribution in [0.2, 0.25) is 0 Å². The summed E-state index contributed by atoms with van der Waals surface area (Å²) in [4.78, 5) is 25.4. The second-order valence-electron chi connectivity index (χ2n) is 6.49. The maximum atomic E-state index is 13.6. The van der Waals surface area contributed by atoms with Crippen molar-refractivity contribution in [3.63, 3.8) is 0 Å². The van der Waals surface area contributed by atoms with E-state index in [9.17, 15) is 14.0 Å². The molecule has 7 heteroatoms. The molecule has 0 unspecified atom stereocenters. The maximum absolute atomic E-state index is 13.6. The Labute approximate surface area is 151 Å². The van der Waals surface area contributed by atoms with E-state index in [1.54, 1.807) is 16.8 Å². The summed E-state index contributed by atoms with van der Waals surface area (Å²) in [5, 5.41) is 13.6.